The summed E-state index contributed by atoms with van der Waals surface area (Å²) in [6, 6.07) is 14.6. The molecule has 0 radical (unpaired) electrons. The smallest absolute Gasteiger partial charge is 0.405 e. The number of hydrogen-bond acceptors (Lipinski definition) is 4. The number of carboxylic acid groups (broad SMARTS) is 1. The van der Waals surface area contributed by atoms with Gasteiger partial charge in [0.2, 0.25) is 0 Å². The van der Waals surface area contributed by atoms with Gasteiger partial charge in [-0.2, -0.15) is 0 Å². The van der Waals surface area contributed by atoms with Crippen LogP contribution < -0.4 is 10.1 Å². The van der Waals surface area contributed by atoms with E-state index < -0.39 is 6.09 Å². The van der Waals surface area contributed by atoms with Crippen LogP contribution >= 0.6 is 11.6 Å². The van der Waals surface area contributed by atoms with Gasteiger partial charge in [-0.15, -0.1) is 0 Å². The van der Waals surface area contributed by atoms with Gasteiger partial charge in [-0.1, -0.05) is 74.0 Å². The Labute approximate surface area is 224 Å². The van der Waals surface area contributed by atoms with E-state index in [0.717, 1.165) is 38.3 Å². The number of likely N-dealkylation sites (tertiary alicyclic amines) is 2. The zero-order chi connectivity index (χ0) is 26.2. The molecule has 7 nitrogen and oxygen atoms in total. The number of rotatable bonds is 7. The number of hydrogen-bond donors (Lipinski definition) is 2. The van der Waals surface area contributed by atoms with Crippen molar-refractivity contribution >= 4 is 23.6 Å². The summed E-state index contributed by atoms with van der Waals surface area (Å²) in [5, 5.41) is 12.4. The molecule has 2 N–H and O–H groups in total. The zero-order valence-corrected chi connectivity index (χ0v) is 22.3. The normalized spacial score (nSPS) is 21.6. The summed E-state index contributed by atoms with van der Waals surface area (Å²) in [5.41, 5.74) is 1.52. The van der Waals surface area contributed by atoms with E-state index in [1.165, 1.54) is 32.1 Å². The highest BCUT2D eigenvalue weighted by Gasteiger charge is 2.42. The quantitative estimate of drug-likeness (QED) is 0.482. The molecule has 37 heavy (non-hydrogen) atoms. The molecule has 0 bridgehead atoms. The fourth-order valence-corrected chi connectivity index (χ4v) is 5.96. The first kappa shape index (κ1) is 27.3. The summed E-state index contributed by atoms with van der Waals surface area (Å²) in [7, 11) is 1.54. The number of nitrogens with zero attached hydrogens (tertiary/aromatic N) is 2. The number of carbonyl (C=O) groups excluding carboxylic acids is 1. The lowest BCUT2D eigenvalue weighted by Gasteiger charge is -2.24. The first-order valence-corrected chi connectivity index (χ1v) is 13.7. The van der Waals surface area contributed by atoms with Crippen molar-refractivity contribution in [2.75, 3.05) is 39.8 Å². The summed E-state index contributed by atoms with van der Waals surface area (Å²) in [4.78, 5) is 28.6. The van der Waals surface area contributed by atoms with Gasteiger partial charge < -0.3 is 25.0 Å². The minimum Gasteiger partial charge on any atom is -0.496 e. The van der Waals surface area contributed by atoms with E-state index in [2.05, 4.69) is 10.2 Å². The van der Waals surface area contributed by atoms with E-state index in [1.807, 2.05) is 35.2 Å². The molecular formula is C29H38ClN3O4. The third kappa shape index (κ3) is 7.39. The van der Waals surface area contributed by atoms with Crippen LogP contribution in [0.3, 0.4) is 0 Å². The second kappa shape index (κ2) is 13.2. The van der Waals surface area contributed by atoms with Crippen molar-refractivity contribution in [3.8, 4) is 5.75 Å². The summed E-state index contributed by atoms with van der Waals surface area (Å²) in [6.07, 6.45) is 7.20. The minimum absolute atomic E-state index is 0.0192. The number of carbonyl (C=O) groups is 2. The molecular weight excluding hydrogens is 490 g/mol. The number of ether oxygens (including phenoxy) is 1. The molecule has 3 fully saturated rings. The van der Waals surface area contributed by atoms with Crippen LogP contribution in [0, 0.1) is 11.8 Å². The van der Waals surface area contributed by atoms with Crippen molar-refractivity contribution in [3.63, 3.8) is 0 Å². The van der Waals surface area contributed by atoms with Crippen LogP contribution in [0.25, 0.3) is 0 Å². The molecule has 3 atom stereocenters. The van der Waals surface area contributed by atoms with E-state index in [9.17, 15) is 14.7 Å². The van der Waals surface area contributed by atoms with Crippen molar-refractivity contribution in [1.82, 2.24) is 15.1 Å². The summed E-state index contributed by atoms with van der Waals surface area (Å²) in [5.74, 6) is 1.34. The fraction of sp³-hybridized carbons (Fsp3) is 0.517. The van der Waals surface area contributed by atoms with Crippen LogP contribution in [0.5, 0.6) is 5.75 Å². The lowest BCUT2D eigenvalue weighted by molar-refractivity contribution is 0.0770. The van der Waals surface area contributed by atoms with Crippen molar-refractivity contribution in [2.24, 2.45) is 11.8 Å². The molecule has 0 aromatic heterocycles. The Morgan fingerprint density at radius 1 is 1.00 bits per heavy atom. The molecule has 2 heterocycles. The second-order valence-electron chi connectivity index (χ2n) is 10.3. The Balaban J connectivity index is 0.000000572. The fourth-order valence-electron chi connectivity index (χ4n) is 5.80. The van der Waals surface area contributed by atoms with Gasteiger partial charge in [0.25, 0.3) is 5.91 Å². The maximum Gasteiger partial charge on any atom is 0.405 e. The van der Waals surface area contributed by atoms with Gasteiger partial charge in [0, 0.05) is 37.7 Å². The van der Waals surface area contributed by atoms with Crippen molar-refractivity contribution in [3.05, 3.63) is 64.7 Å². The van der Waals surface area contributed by atoms with Crippen molar-refractivity contribution in [1.29, 1.82) is 0 Å². The molecule has 200 valence electrons. The molecule has 1 aliphatic carbocycles. The predicted octanol–water partition coefficient (Wildman–Crippen LogP) is 5.70. The van der Waals surface area contributed by atoms with Gasteiger partial charge in [-0.05, 0) is 42.0 Å². The van der Waals surface area contributed by atoms with Gasteiger partial charge in [0.1, 0.15) is 5.75 Å². The average Bonchev–Trinajstić information content (AvgIpc) is 3.66. The molecule has 2 aliphatic heterocycles. The SMILES string of the molecule is C1CCCC1.COc1cc(Cl)ccc1C(=O)N1CC2CN(CCC(NC(=O)O)c3ccccc3)C[C@H]2C1. The maximum atomic E-state index is 13.1. The van der Waals surface area contributed by atoms with Crippen LogP contribution in [-0.4, -0.2) is 66.7 Å². The van der Waals surface area contributed by atoms with E-state index in [0.29, 0.717) is 34.6 Å². The Hall–Kier alpha value is -2.77. The number of nitrogens with one attached hydrogen (secondary N) is 1. The monoisotopic (exact) mass is 527 g/mol. The predicted molar refractivity (Wildman–Crippen MR) is 145 cm³/mol. The van der Waals surface area contributed by atoms with Crippen LogP contribution in [0.2, 0.25) is 5.02 Å². The van der Waals surface area contributed by atoms with Crippen LogP contribution in [0.15, 0.2) is 48.5 Å². The van der Waals surface area contributed by atoms with E-state index >= 15 is 0 Å². The largest absolute Gasteiger partial charge is 0.496 e. The number of halogens is 1. The van der Waals surface area contributed by atoms with Gasteiger partial charge in [0.15, 0.2) is 0 Å². The van der Waals surface area contributed by atoms with E-state index in [4.69, 9.17) is 16.3 Å². The first-order chi connectivity index (χ1) is 17.9. The highest BCUT2D eigenvalue weighted by atomic mass is 35.5. The molecule has 8 heteroatoms. The molecule has 2 aromatic carbocycles. The Morgan fingerprint density at radius 3 is 2.19 bits per heavy atom. The first-order valence-electron chi connectivity index (χ1n) is 13.3. The topological polar surface area (TPSA) is 82.1 Å². The Morgan fingerprint density at radius 2 is 1.62 bits per heavy atom. The summed E-state index contributed by atoms with van der Waals surface area (Å²) < 4.78 is 5.35. The van der Waals surface area contributed by atoms with Gasteiger partial charge >= 0.3 is 6.09 Å². The Kier molecular flexibility index (Phi) is 9.69. The van der Waals surface area contributed by atoms with Crippen LogP contribution in [-0.2, 0) is 0 Å². The molecule has 5 rings (SSSR count). The minimum atomic E-state index is -1.01. The van der Waals surface area contributed by atoms with Gasteiger partial charge in [-0.25, -0.2) is 4.79 Å². The van der Waals surface area contributed by atoms with E-state index in [-0.39, 0.29) is 11.9 Å². The summed E-state index contributed by atoms with van der Waals surface area (Å²) in [6.45, 7) is 4.09. The number of amides is 2. The highest BCUT2D eigenvalue weighted by molar-refractivity contribution is 6.30. The van der Waals surface area contributed by atoms with Gasteiger partial charge in [-0.3, -0.25) is 4.79 Å². The van der Waals surface area contributed by atoms with Gasteiger partial charge in [0.05, 0.1) is 18.7 Å². The van der Waals surface area contributed by atoms with Crippen molar-refractivity contribution in [2.45, 2.75) is 44.6 Å². The zero-order valence-electron chi connectivity index (χ0n) is 21.6. The van der Waals surface area contributed by atoms with Crippen molar-refractivity contribution < 1.29 is 19.4 Å². The second-order valence-corrected chi connectivity index (χ2v) is 10.7. The molecule has 0 spiro atoms. The molecule has 3 aliphatic rings. The molecule has 2 aromatic rings. The lowest BCUT2D eigenvalue weighted by Crippen LogP contribution is -2.35. The maximum absolute atomic E-state index is 13.1. The third-order valence-corrected chi connectivity index (χ3v) is 7.96. The Bertz CT molecular complexity index is 1030. The lowest BCUT2D eigenvalue weighted by atomic mass is 10.0. The number of benzene rings is 2. The summed E-state index contributed by atoms with van der Waals surface area (Å²) >= 11 is 6.03. The molecule has 1 saturated carbocycles. The molecule has 2 unspecified atom stereocenters. The molecule has 2 saturated heterocycles. The highest BCUT2D eigenvalue weighted by Crippen LogP contribution is 2.34. The average molecular weight is 528 g/mol. The molecule has 2 amide bonds. The van der Waals surface area contributed by atoms with Crippen LogP contribution in [0.4, 0.5) is 4.79 Å². The number of fused-ring (bicyclic) bond motifs is 1. The third-order valence-electron chi connectivity index (χ3n) is 7.73. The standard InChI is InChI=1S/C24H28ClN3O4.C5H10/c1-32-22-11-19(25)7-8-20(22)23(29)28-14-17-12-27(13-18(17)15-28)10-9-21(26-24(30)31)16-5-3-2-4-6-16;1-2-4-5-3-1/h2-8,11,17-18,21,26H,9-10,12-15H2,1H3,(H,30,31);1-5H2/t17-,18?,21?;/m0./s1. The van der Waals surface area contributed by atoms with Crippen LogP contribution in [0.1, 0.15) is 60.5 Å². The van der Waals surface area contributed by atoms with E-state index in [1.54, 1.807) is 25.3 Å². The number of methoxy groups -OCH3 is 1.